The van der Waals surface area contributed by atoms with Gasteiger partial charge in [-0.05, 0) is 55.3 Å². The van der Waals surface area contributed by atoms with Gasteiger partial charge in [0.2, 0.25) is 0 Å². The van der Waals surface area contributed by atoms with Gasteiger partial charge >= 0.3 is 0 Å². The average molecular weight is 356 g/mol. The second kappa shape index (κ2) is 7.91. The van der Waals surface area contributed by atoms with Gasteiger partial charge in [-0.15, -0.1) is 0 Å². The number of nitrogens with zero attached hydrogens (tertiary/aromatic N) is 2. The molecule has 1 aliphatic heterocycles. The molecule has 0 aliphatic carbocycles. The van der Waals surface area contributed by atoms with Crippen LogP contribution < -0.4 is 15.0 Å². The van der Waals surface area contributed by atoms with Gasteiger partial charge in [0.25, 0.3) is 5.91 Å². The summed E-state index contributed by atoms with van der Waals surface area (Å²) in [5.74, 6) is 0.284. The topological polar surface area (TPSA) is 65.4 Å². The lowest BCUT2D eigenvalue weighted by Crippen LogP contribution is -2.24. The fraction of sp³-hybridized carbons (Fsp3) is 0.263. The van der Waals surface area contributed by atoms with Crippen LogP contribution in [0.25, 0.3) is 0 Å². The normalized spacial score (nSPS) is 13.4. The van der Waals surface area contributed by atoms with Crippen LogP contribution in [0.1, 0.15) is 18.4 Å². The number of hydrogen-bond acceptors (Lipinski definition) is 4. The fourth-order valence-corrected chi connectivity index (χ4v) is 2.98. The molecule has 25 heavy (non-hydrogen) atoms. The Kier molecular flexibility index (Phi) is 5.42. The van der Waals surface area contributed by atoms with Crippen molar-refractivity contribution < 1.29 is 9.53 Å². The molecule has 0 atom stereocenters. The third-order valence-corrected chi connectivity index (χ3v) is 4.27. The third kappa shape index (κ3) is 4.43. The number of benzene rings is 2. The van der Waals surface area contributed by atoms with Crippen molar-refractivity contribution in [2.75, 3.05) is 29.9 Å². The maximum atomic E-state index is 12.2. The summed E-state index contributed by atoms with van der Waals surface area (Å²) < 4.78 is 5.47. The molecule has 6 heteroatoms. The number of carbonyl (C=O) groups is 1. The van der Waals surface area contributed by atoms with E-state index >= 15 is 0 Å². The standard InChI is InChI=1S/C19H18ClN3O2/c20-15-5-8-18(23-9-1-2-10-23)17(11-15)22-19(24)13-25-16-6-3-14(12-21)4-7-16/h3-8,11H,1-2,9-10,13H2,(H,22,24). The van der Waals surface area contributed by atoms with E-state index in [1.165, 1.54) is 0 Å². The first kappa shape index (κ1) is 17.1. The Morgan fingerprint density at radius 3 is 2.60 bits per heavy atom. The fourth-order valence-electron chi connectivity index (χ4n) is 2.80. The first-order valence-corrected chi connectivity index (χ1v) is 8.51. The first-order valence-electron chi connectivity index (χ1n) is 8.13. The molecule has 0 saturated carbocycles. The van der Waals surface area contributed by atoms with Gasteiger partial charge in [0, 0.05) is 18.1 Å². The molecule has 0 spiro atoms. The Hall–Kier alpha value is -2.71. The highest BCUT2D eigenvalue weighted by Crippen LogP contribution is 2.31. The van der Waals surface area contributed by atoms with E-state index < -0.39 is 0 Å². The molecule has 0 bridgehead atoms. The lowest BCUT2D eigenvalue weighted by Gasteiger charge is -2.22. The number of nitriles is 1. The maximum Gasteiger partial charge on any atom is 0.262 e. The van der Waals surface area contributed by atoms with Gasteiger partial charge in [-0.2, -0.15) is 5.26 Å². The summed E-state index contributed by atoms with van der Waals surface area (Å²) in [6, 6.07) is 14.2. The average Bonchev–Trinajstić information content (AvgIpc) is 3.15. The third-order valence-electron chi connectivity index (χ3n) is 4.03. The molecule has 1 aliphatic rings. The minimum absolute atomic E-state index is 0.113. The van der Waals surface area contributed by atoms with Crippen molar-refractivity contribution in [3.63, 3.8) is 0 Å². The van der Waals surface area contributed by atoms with Crippen LogP contribution in [-0.4, -0.2) is 25.6 Å². The lowest BCUT2D eigenvalue weighted by atomic mass is 10.2. The zero-order valence-electron chi connectivity index (χ0n) is 13.7. The second-order valence-electron chi connectivity index (χ2n) is 5.83. The number of anilines is 2. The Morgan fingerprint density at radius 2 is 1.92 bits per heavy atom. The molecule has 128 valence electrons. The molecule has 1 fully saturated rings. The molecule has 5 nitrogen and oxygen atoms in total. The molecule has 0 aromatic heterocycles. The molecule has 1 heterocycles. The van der Waals surface area contributed by atoms with Crippen molar-refractivity contribution in [3.8, 4) is 11.8 Å². The summed E-state index contributed by atoms with van der Waals surface area (Å²) in [5.41, 5.74) is 2.22. The lowest BCUT2D eigenvalue weighted by molar-refractivity contribution is -0.118. The first-order chi connectivity index (χ1) is 12.2. The van der Waals surface area contributed by atoms with E-state index in [0.29, 0.717) is 22.0 Å². The Balaban J connectivity index is 1.64. The minimum Gasteiger partial charge on any atom is -0.484 e. The van der Waals surface area contributed by atoms with E-state index in [4.69, 9.17) is 21.6 Å². The van der Waals surface area contributed by atoms with E-state index in [0.717, 1.165) is 31.6 Å². The van der Waals surface area contributed by atoms with E-state index in [-0.39, 0.29) is 12.5 Å². The van der Waals surface area contributed by atoms with E-state index in [1.54, 1.807) is 30.3 Å². The Bertz CT molecular complexity index is 793. The molecule has 0 unspecified atom stereocenters. The zero-order chi connectivity index (χ0) is 17.6. The van der Waals surface area contributed by atoms with Gasteiger partial charge in [0.15, 0.2) is 6.61 Å². The monoisotopic (exact) mass is 355 g/mol. The number of hydrogen-bond donors (Lipinski definition) is 1. The number of rotatable bonds is 5. The van der Waals surface area contributed by atoms with Crippen molar-refractivity contribution in [3.05, 3.63) is 53.1 Å². The smallest absolute Gasteiger partial charge is 0.262 e. The molecular formula is C19H18ClN3O2. The van der Waals surface area contributed by atoms with Crippen LogP contribution >= 0.6 is 11.6 Å². The molecule has 2 aromatic carbocycles. The molecule has 2 aromatic rings. The maximum absolute atomic E-state index is 12.2. The van der Waals surface area contributed by atoms with Gasteiger partial charge in [-0.1, -0.05) is 11.6 Å². The second-order valence-corrected chi connectivity index (χ2v) is 6.27. The van der Waals surface area contributed by atoms with Crippen molar-refractivity contribution in [1.29, 1.82) is 5.26 Å². The van der Waals surface area contributed by atoms with Gasteiger partial charge in [-0.3, -0.25) is 4.79 Å². The molecule has 1 N–H and O–H groups in total. The molecule has 0 radical (unpaired) electrons. The van der Waals surface area contributed by atoms with Crippen LogP contribution in [0.5, 0.6) is 5.75 Å². The van der Waals surface area contributed by atoms with E-state index in [9.17, 15) is 4.79 Å². The number of amides is 1. The van der Waals surface area contributed by atoms with Crippen LogP contribution in [0.3, 0.4) is 0 Å². The van der Waals surface area contributed by atoms with Crippen molar-refractivity contribution in [2.45, 2.75) is 12.8 Å². The zero-order valence-corrected chi connectivity index (χ0v) is 14.4. The van der Waals surface area contributed by atoms with Gasteiger partial charge < -0.3 is 15.0 Å². The predicted molar refractivity (Wildman–Crippen MR) is 98.2 cm³/mol. The van der Waals surface area contributed by atoms with Crippen LogP contribution in [0, 0.1) is 11.3 Å². The van der Waals surface area contributed by atoms with Crippen molar-refractivity contribution in [1.82, 2.24) is 0 Å². The summed E-state index contributed by atoms with van der Waals surface area (Å²) in [4.78, 5) is 14.5. The van der Waals surface area contributed by atoms with Gasteiger partial charge in [0.05, 0.1) is 23.0 Å². The van der Waals surface area contributed by atoms with Crippen LogP contribution in [-0.2, 0) is 4.79 Å². The Morgan fingerprint density at radius 1 is 1.20 bits per heavy atom. The molecule has 1 amide bonds. The SMILES string of the molecule is N#Cc1ccc(OCC(=O)Nc2cc(Cl)ccc2N2CCCC2)cc1. The minimum atomic E-state index is -0.257. The quantitative estimate of drug-likeness (QED) is 0.885. The highest BCUT2D eigenvalue weighted by Gasteiger charge is 2.17. The highest BCUT2D eigenvalue weighted by molar-refractivity contribution is 6.31. The summed E-state index contributed by atoms with van der Waals surface area (Å²) in [7, 11) is 0. The van der Waals surface area contributed by atoms with Crippen molar-refractivity contribution >= 4 is 28.9 Å². The highest BCUT2D eigenvalue weighted by atomic mass is 35.5. The van der Waals surface area contributed by atoms with Crippen LogP contribution in [0.4, 0.5) is 11.4 Å². The van der Waals surface area contributed by atoms with Crippen molar-refractivity contribution in [2.24, 2.45) is 0 Å². The summed E-state index contributed by atoms with van der Waals surface area (Å²) in [6.07, 6.45) is 2.30. The summed E-state index contributed by atoms with van der Waals surface area (Å²) in [6.45, 7) is 1.84. The van der Waals surface area contributed by atoms with Crippen LogP contribution in [0.15, 0.2) is 42.5 Å². The van der Waals surface area contributed by atoms with Gasteiger partial charge in [-0.25, -0.2) is 0 Å². The molecule has 3 rings (SSSR count). The van der Waals surface area contributed by atoms with Crippen LogP contribution in [0.2, 0.25) is 5.02 Å². The van der Waals surface area contributed by atoms with Gasteiger partial charge in [0.1, 0.15) is 5.75 Å². The molecular weight excluding hydrogens is 338 g/mol. The number of ether oxygens (including phenoxy) is 1. The molecule has 1 saturated heterocycles. The van der Waals surface area contributed by atoms with E-state index in [2.05, 4.69) is 10.2 Å². The summed E-state index contributed by atoms with van der Waals surface area (Å²) in [5, 5.41) is 12.2. The Labute approximate surface area is 151 Å². The summed E-state index contributed by atoms with van der Waals surface area (Å²) >= 11 is 6.08. The number of nitrogens with one attached hydrogen (secondary N) is 1. The number of halogens is 1. The van der Waals surface area contributed by atoms with E-state index in [1.807, 2.05) is 18.2 Å². The largest absolute Gasteiger partial charge is 0.484 e. The predicted octanol–water partition coefficient (Wildman–Crippen LogP) is 3.83. The number of carbonyl (C=O) groups excluding carboxylic acids is 1.